The minimum absolute atomic E-state index is 0.0722. The first-order chi connectivity index (χ1) is 16.0. The van der Waals surface area contributed by atoms with Gasteiger partial charge >= 0.3 is 6.03 Å². The van der Waals surface area contributed by atoms with Crippen LogP contribution >= 0.6 is 11.6 Å². The monoisotopic (exact) mass is 468 g/mol. The molecule has 2 aromatic carbocycles. The van der Waals surface area contributed by atoms with E-state index in [4.69, 9.17) is 21.1 Å². The lowest BCUT2D eigenvalue weighted by molar-refractivity contribution is -0.132. The summed E-state index contributed by atoms with van der Waals surface area (Å²) < 4.78 is 11.3. The van der Waals surface area contributed by atoms with Crippen molar-refractivity contribution >= 4 is 35.5 Å². The normalized spacial score (nSPS) is 18.4. The van der Waals surface area contributed by atoms with Gasteiger partial charge in [-0.3, -0.25) is 19.8 Å². The number of urea groups is 1. The lowest BCUT2D eigenvalue weighted by Crippen LogP contribution is -2.58. The molecule has 4 amide bonds. The number of hydrogen-bond donors (Lipinski definition) is 1. The Labute approximate surface area is 197 Å². The highest BCUT2D eigenvalue weighted by atomic mass is 35.5. The molecule has 1 aliphatic heterocycles. The molecule has 4 rings (SSSR count). The van der Waals surface area contributed by atoms with Gasteiger partial charge in [-0.2, -0.15) is 0 Å². The number of ether oxygens (including phenoxy) is 2. The van der Waals surface area contributed by atoms with Gasteiger partial charge in [0, 0.05) is 11.1 Å². The number of carbonyl (C=O) groups is 3. The van der Waals surface area contributed by atoms with Crippen molar-refractivity contribution in [2.45, 2.75) is 44.8 Å². The Morgan fingerprint density at radius 3 is 2.45 bits per heavy atom. The first-order valence-electron chi connectivity index (χ1n) is 10.9. The number of barbiturate groups is 1. The molecule has 1 N–H and O–H groups in total. The molecule has 2 aliphatic rings. The van der Waals surface area contributed by atoms with Gasteiger partial charge in [-0.05, 0) is 54.3 Å². The highest BCUT2D eigenvalue weighted by Gasteiger charge is 2.40. The molecule has 2 aromatic rings. The zero-order chi connectivity index (χ0) is 23.4. The molecule has 0 aromatic heterocycles. The van der Waals surface area contributed by atoms with E-state index in [9.17, 15) is 14.4 Å². The number of amides is 4. The fourth-order valence-corrected chi connectivity index (χ4v) is 4.27. The van der Waals surface area contributed by atoms with Gasteiger partial charge in [-0.15, -0.1) is 0 Å². The molecule has 0 unspecified atom stereocenters. The predicted molar refractivity (Wildman–Crippen MR) is 124 cm³/mol. The molecule has 1 aliphatic carbocycles. The molecule has 2 fully saturated rings. The fraction of sp³-hybridized carbons (Fsp3) is 0.320. The van der Waals surface area contributed by atoms with Crippen molar-refractivity contribution in [2.24, 2.45) is 0 Å². The van der Waals surface area contributed by atoms with Crippen molar-refractivity contribution < 1.29 is 23.9 Å². The van der Waals surface area contributed by atoms with E-state index in [0.717, 1.165) is 37.7 Å². The Morgan fingerprint density at radius 1 is 1.03 bits per heavy atom. The zero-order valence-corrected chi connectivity index (χ0v) is 19.1. The molecule has 1 heterocycles. The summed E-state index contributed by atoms with van der Waals surface area (Å²) in [6.07, 6.45) is 6.01. The van der Waals surface area contributed by atoms with Crippen LogP contribution in [-0.2, 0) is 16.2 Å². The van der Waals surface area contributed by atoms with Crippen LogP contribution in [0.1, 0.15) is 43.2 Å². The van der Waals surface area contributed by atoms with E-state index in [0.29, 0.717) is 28.7 Å². The molecular weight excluding hydrogens is 444 g/mol. The smallest absolute Gasteiger partial charge is 0.331 e. The quantitative estimate of drug-likeness (QED) is 0.489. The van der Waals surface area contributed by atoms with Gasteiger partial charge in [0.05, 0.1) is 7.11 Å². The Bertz CT molecular complexity index is 1090. The Balaban J connectivity index is 1.54. The summed E-state index contributed by atoms with van der Waals surface area (Å²) in [6.45, 7) is 0.327. The van der Waals surface area contributed by atoms with Crippen LogP contribution in [0.25, 0.3) is 6.08 Å². The molecular formula is C25H25ClN2O5. The SMILES string of the molecule is COc1cc(C=C2C(=O)NC(=O)N(C3CCCCC3)C2=O)ccc1OCc1ccc(Cl)cc1. The van der Waals surface area contributed by atoms with Crippen molar-refractivity contribution in [2.75, 3.05) is 7.11 Å². The average Bonchev–Trinajstić information content (AvgIpc) is 2.82. The number of nitrogens with one attached hydrogen (secondary N) is 1. The number of nitrogens with zero attached hydrogens (tertiary/aromatic N) is 1. The zero-order valence-electron chi connectivity index (χ0n) is 18.3. The van der Waals surface area contributed by atoms with Crippen molar-refractivity contribution in [3.8, 4) is 11.5 Å². The molecule has 172 valence electrons. The van der Waals surface area contributed by atoms with Crippen molar-refractivity contribution in [3.05, 3.63) is 64.2 Å². The van der Waals surface area contributed by atoms with Crippen LogP contribution in [0, 0.1) is 0 Å². The van der Waals surface area contributed by atoms with Crippen LogP contribution in [0.4, 0.5) is 4.79 Å². The number of imide groups is 2. The highest BCUT2D eigenvalue weighted by molar-refractivity contribution is 6.31. The molecule has 8 heteroatoms. The van der Waals surface area contributed by atoms with E-state index < -0.39 is 17.8 Å². The summed E-state index contributed by atoms with van der Waals surface area (Å²) in [7, 11) is 1.52. The maximum Gasteiger partial charge on any atom is 0.331 e. The van der Waals surface area contributed by atoms with Crippen LogP contribution in [-0.4, -0.2) is 35.9 Å². The number of hydrogen-bond acceptors (Lipinski definition) is 5. The first-order valence-corrected chi connectivity index (χ1v) is 11.3. The van der Waals surface area contributed by atoms with Crippen LogP contribution in [0.3, 0.4) is 0 Å². The van der Waals surface area contributed by atoms with Crippen LogP contribution in [0.2, 0.25) is 5.02 Å². The number of rotatable bonds is 6. The topological polar surface area (TPSA) is 84.9 Å². The van der Waals surface area contributed by atoms with E-state index in [1.165, 1.54) is 18.1 Å². The minimum Gasteiger partial charge on any atom is -0.493 e. The average molecular weight is 469 g/mol. The Kier molecular flexibility index (Phi) is 6.99. The van der Waals surface area contributed by atoms with Gasteiger partial charge < -0.3 is 9.47 Å². The van der Waals surface area contributed by atoms with E-state index in [-0.39, 0.29) is 11.6 Å². The molecule has 7 nitrogen and oxygen atoms in total. The fourth-order valence-electron chi connectivity index (χ4n) is 4.14. The van der Waals surface area contributed by atoms with E-state index in [1.807, 2.05) is 12.1 Å². The number of carbonyl (C=O) groups excluding carboxylic acids is 3. The van der Waals surface area contributed by atoms with Gasteiger partial charge in [0.15, 0.2) is 11.5 Å². The van der Waals surface area contributed by atoms with Crippen LogP contribution < -0.4 is 14.8 Å². The molecule has 0 spiro atoms. The van der Waals surface area contributed by atoms with Crippen LogP contribution in [0.15, 0.2) is 48.0 Å². The second-order valence-electron chi connectivity index (χ2n) is 8.11. The van der Waals surface area contributed by atoms with Gasteiger partial charge in [-0.1, -0.05) is 49.1 Å². The lowest BCUT2D eigenvalue weighted by Gasteiger charge is -2.35. The maximum atomic E-state index is 13.1. The molecule has 0 bridgehead atoms. The van der Waals surface area contributed by atoms with Gasteiger partial charge in [0.1, 0.15) is 12.2 Å². The standard InChI is InChI=1S/C25H25ClN2O5/c1-32-22-14-17(9-12-21(22)33-15-16-7-10-18(26)11-8-16)13-20-23(29)27-25(31)28(24(20)30)19-5-3-2-4-6-19/h7-14,19H,2-6,15H2,1H3,(H,27,29,31). The van der Waals surface area contributed by atoms with Gasteiger partial charge in [0.25, 0.3) is 11.8 Å². The van der Waals surface area contributed by atoms with E-state index in [2.05, 4.69) is 5.32 Å². The third-order valence-electron chi connectivity index (χ3n) is 5.88. The lowest BCUT2D eigenvalue weighted by atomic mass is 9.93. The second kappa shape index (κ2) is 10.1. The predicted octanol–water partition coefficient (Wildman–Crippen LogP) is 4.72. The second-order valence-corrected chi connectivity index (χ2v) is 8.55. The summed E-state index contributed by atoms with van der Waals surface area (Å²) in [5.74, 6) is -0.271. The Morgan fingerprint density at radius 2 is 1.76 bits per heavy atom. The third kappa shape index (κ3) is 5.20. The summed E-state index contributed by atoms with van der Waals surface area (Å²) in [6, 6.07) is 11.6. The van der Waals surface area contributed by atoms with Crippen molar-refractivity contribution in [3.63, 3.8) is 0 Å². The summed E-state index contributed by atoms with van der Waals surface area (Å²) in [4.78, 5) is 39.1. The number of halogens is 1. The first kappa shape index (κ1) is 22.9. The van der Waals surface area contributed by atoms with E-state index in [1.54, 1.807) is 30.3 Å². The Hall–Kier alpha value is -3.32. The number of methoxy groups -OCH3 is 1. The van der Waals surface area contributed by atoms with Crippen molar-refractivity contribution in [1.29, 1.82) is 0 Å². The summed E-state index contributed by atoms with van der Waals surface area (Å²) >= 11 is 5.92. The highest BCUT2D eigenvalue weighted by Crippen LogP contribution is 2.31. The van der Waals surface area contributed by atoms with E-state index >= 15 is 0 Å². The minimum atomic E-state index is -0.695. The maximum absolute atomic E-state index is 13.1. The van der Waals surface area contributed by atoms with Crippen molar-refractivity contribution in [1.82, 2.24) is 10.2 Å². The van der Waals surface area contributed by atoms with Crippen LogP contribution in [0.5, 0.6) is 11.5 Å². The molecule has 0 radical (unpaired) electrons. The number of benzene rings is 2. The summed E-state index contributed by atoms with van der Waals surface area (Å²) in [5, 5.41) is 2.96. The summed E-state index contributed by atoms with van der Waals surface area (Å²) in [5.41, 5.74) is 1.46. The van der Waals surface area contributed by atoms with Gasteiger partial charge in [0.2, 0.25) is 0 Å². The molecule has 33 heavy (non-hydrogen) atoms. The third-order valence-corrected chi connectivity index (χ3v) is 6.13. The molecule has 1 saturated heterocycles. The molecule has 1 saturated carbocycles. The molecule has 0 atom stereocenters. The largest absolute Gasteiger partial charge is 0.493 e. The van der Waals surface area contributed by atoms with Gasteiger partial charge in [-0.25, -0.2) is 4.79 Å².